The summed E-state index contributed by atoms with van der Waals surface area (Å²) in [6, 6.07) is 0. The van der Waals surface area contributed by atoms with Crippen molar-refractivity contribution in [1.82, 2.24) is 15.5 Å². The average Bonchev–Trinajstić information content (AvgIpc) is 2.14. The minimum atomic E-state index is -0.0199. The number of hydrogen-bond acceptors (Lipinski definition) is 2. The molecule has 0 saturated carbocycles. The summed E-state index contributed by atoms with van der Waals surface area (Å²) in [6.07, 6.45) is 1.72. The lowest BCUT2D eigenvalue weighted by Gasteiger charge is -2.21. The van der Waals surface area contributed by atoms with Gasteiger partial charge in [0, 0.05) is 14.1 Å². The van der Waals surface area contributed by atoms with Gasteiger partial charge in [0.05, 0.1) is 18.5 Å². The van der Waals surface area contributed by atoms with Gasteiger partial charge in [-0.25, -0.2) is 0 Å². The first-order valence-electron chi connectivity index (χ1n) is 4.88. The minimum absolute atomic E-state index is 0.0199. The molecule has 0 heterocycles. The highest BCUT2D eigenvalue weighted by atomic mass is 15.3. The molecular formula is C10H21N5. The predicted molar refractivity (Wildman–Crippen MR) is 65.3 cm³/mol. The van der Waals surface area contributed by atoms with Crippen LogP contribution in [0.4, 0.5) is 0 Å². The Balaban J connectivity index is 3.97. The first-order valence-corrected chi connectivity index (χ1v) is 4.88. The maximum atomic E-state index is 7.57. The topological polar surface area (TPSA) is 63.5 Å². The van der Waals surface area contributed by atoms with Crippen molar-refractivity contribution in [2.24, 2.45) is 4.99 Å². The lowest BCUT2D eigenvalue weighted by atomic mass is 10.5. The Hall–Kier alpha value is -1.52. The molecule has 0 radical (unpaired) electrons. The number of nitrogens with one attached hydrogen (secondary N) is 3. The van der Waals surface area contributed by atoms with Crippen LogP contribution < -0.4 is 10.6 Å². The van der Waals surface area contributed by atoms with Crippen LogP contribution in [-0.2, 0) is 0 Å². The summed E-state index contributed by atoms with van der Waals surface area (Å²) >= 11 is 0. The monoisotopic (exact) mass is 211 g/mol. The molecule has 0 aromatic heterocycles. The molecule has 86 valence electrons. The smallest absolute Gasteiger partial charge is 0.192 e. The summed E-state index contributed by atoms with van der Waals surface area (Å²) in [5, 5.41) is 13.7. The Kier molecular flexibility index (Phi) is 6.17. The van der Waals surface area contributed by atoms with Crippen LogP contribution in [0.5, 0.6) is 0 Å². The molecule has 0 fully saturated rings. The second kappa shape index (κ2) is 6.86. The molecule has 1 unspecified atom stereocenters. The number of rotatable bonds is 4. The fourth-order valence-corrected chi connectivity index (χ4v) is 0.931. The number of amidine groups is 1. The molecule has 0 amide bonds. The van der Waals surface area contributed by atoms with E-state index >= 15 is 0 Å². The molecule has 0 aromatic rings. The summed E-state index contributed by atoms with van der Waals surface area (Å²) in [5.41, 5.74) is 0. The molecule has 1 atom stereocenters. The highest BCUT2D eigenvalue weighted by molar-refractivity contribution is 5.81. The zero-order valence-electron chi connectivity index (χ0n) is 9.96. The molecule has 0 aliphatic heterocycles. The van der Waals surface area contributed by atoms with Crippen LogP contribution >= 0.6 is 0 Å². The van der Waals surface area contributed by atoms with Gasteiger partial charge < -0.3 is 15.5 Å². The van der Waals surface area contributed by atoms with E-state index < -0.39 is 0 Å². The standard InChI is InChI=1S/C10H21N5/c1-6-7-12-8(2)13-9(3)14-10(11)15(4)5/h6,9H,1,7H2,2-5H3,(H2,11,14)(H,12,13). The van der Waals surface area contributed by atoms with Crippen LogP contribution in [0.3, 0.4) is 0 Å². The van der Waals surface area contributed by atoms with E-state index in [1.165, 1.54) is 0 Å². The molecule has 3 N–H and O–H groups in total. The summed E-state index contributed by atoms with van der Waals surface area (Å²) in [5.74, 6) is 1.20. The molecule has 0 spiro atoms. The highest BCUT2D eigenvalue weighted by Gasteiger charge is 2.04. The molecule has 0 rings (SSSR count). The van der Waals surface area contributed by atoms with Gasteiger partial charge in [-0.05, 0) is 13.8 Å². The third-order valence-corrected chi connectivity index (χ3v) is 1.68. The molecule has 0 aliphatic carbocycles. The first kappa shape index (κ1) is 13.5. The maximum Gasteiger partial charge on any atom is 0.192 e. The van der Waals surface area contributed by atoms with Gasteiger partial charge in [0.15, 0.2) is 5.96 Å². The summed E-state index contributed by atoms with van der Waals surface area (Å²) < 4.78 is 0. The number of aliphatic imine (C=N–C) groups is 1. The van der Waals surface area contributed by atoms with Crippen LogP contribution in [0.1, 0.15) is 13.8 Å². The largest absolute Gasteiger partial charge is 0.354 e. The Morgan fingerprint density at radius 1 is 1.53 bits per heavy atom. The van der Waals surface area contributed by atoms with Gasteiger partial charge in [-0.15, -0.1) is 6.58 Å². The lowest BCUT2D eigenvalue weighted by molar-refractivity contribution is 0.529. The third-order valence-electron chi connectivity index (χ3n) is 1.68. The van der Waals surface area contributed by atoms with Crippen LogP contribution in [-0.4, -0.2) is 43.5 Å². The zero-order chi connectivity index (χ0) is 11.8. The minimum Gasteiger partial charge on any atom is -0.354 e. The Bertz CT molecular complexity index is 244. The number of nitrogens with zero attached hydrogens (tertiary/aromatic N) is 2. The molecule has 0 aliphatic rings. The SMILES string of the molecule is C=CCN=C(C)NC(C)NC(=N)N(C)C. The predicted octanol–water partition coefficient (Wildman–Crippen LogP) is 0.612. The molecular weight excluding hydrogens is 190 g/mol. The molecule has 5 nitrogen and oxygen atoms in total. The van der Waals surface area contributed by atoms with Crippen molar-refractivity contribution in [2.75, 3.05) is 20.6 Å². The van der Waals surface area contributed by atoms with E-state index in [2.05, 4.69) is 22.2 Å². The van der Waals surface area contributed by atoms with Crippen molar-refractivity contribution in [1.29, 1.82) is 5.41 Å². The van der Waals surface area contributed by atoms with Gasteiger partial charge >= 0.3 is 0 Å². The van der Waals surface area contributed by atoms with Gasteiger partial charge in [-0.3, -0.25) is 10.4 Å². The first-order chi connectivity index (χ1) is 6.97. The summed E-state index contributed by atoms with van der Waals surface area (Å²) in [7, 11) is 3.64. The average molecular weight is 211 g/mol. The fourth-order valence-electron chi connectivity index (χ4n) is 0.931. The van der Waals surface area contributed by atoms with Gasteiger partial charge in [-0.2, -0.15) is 0 Å². The lowest BCUT2D eigenvalue weighted by Crippen LogP contribution is -2.49. The van der Waals surface area contributed by atoms with Crippen LogP contribution in [0.15, 0.2) is 17.6 Å². The van der Waals surface area contributed by atoms with E-state index in [0.29, 0.717) is 12.5 Å². The van der Waals surface area contributed by atoms with Crippen LogP contribution in [0.25, 0.3) is 0 Å². The summed E-state index contributed by atoms with van der Waals surface area (Å²) in [6.45, 7) is 8.03. The van der Waals surface area contributed by atoms with Gasteiger partial charge in [0.2, 0.25) is 0 Å². The van der Waals surface area contributed by atoms with E-state index in [0.717, 1.165) is 5.84 Å². The molecule has 15 heavy (non-hydrogen) atoms. The van der Waals surface area contributed by atoms with E-state index in [4.69, 9.17) is 5.41 Å². The van der Waals surface area contributed by atoms with Crippen molar-refractivity contribution in [2.45, 2.75) is 20.0 Å². The molecule has 0 bridgehead atoms. The fraction of sp³-hybridized carbons (Fsp3) is 0.600. The Morgan fingerprint density at radius 3 is 2.60 bits per heavy atom. The van der Waals surface area contributed by atoms with E-state index in [9.17, 15) is 0 Å². The Labute approximate surface area is 91.8 Å². The summed E-state index contributed by atoms with van der Waals surface area (Å²) in [4.78, 5) is 5.90. The quantitative estimate of drug-likeness (QED) is 0.276. The number of guanidine groups is 1. The van der Waals surface area contributed by atoms with Crippen LogP contribution in [0, 0.1) is 5.41 Å². The maximum absolute atomic E-state index is 7.57. The van der Waals surface area contributed by atoms with Gasteiger partial charge in [-0.1, -0.05) is 6.08 Å². The second-order valence-corrected chi connectivity index (χ2v) is 3.47. The van der Waals surface area contributed by atoms with E-state index in [1.807, 2.05) is 27.9 Å². The van der Waals surface area contributed by atoms with Crippen LogP contribution in [0.2, 0.25) is 0 Å². The van der Waals surface area contributed by atoms with Crippen molar-refractivity contribution < 1.29 is 0 Å². The second-order valence-electron chi connectivity index (χ2n) is 3.47. The van der Waals surface area contributed by atoms with Crippen molar-refractivity contribution in [3.8, 4) is 0 Å². The molecule has 5 heteroatoms. The van der Waals surface area contributed by atoms with Gasteiger partial charge in [0.25, 0.3) is 0 Å². The van der Waals surface area contributed by atoms with E-state index in [-0.39, 0.29) is 6.17 Å². The Morgan fingerprint density at radius 2 is 2.13 bits per heavy atom. The van der Waals surface area contributed by atoms with Crippen molar-refractivity contribution in [3.63, 3.8) is 0 Å². The third kappa shape index (κ3) is 6.54. The van der Waals surface area contributed by atoms with E-state index in [1.54, 1.807) is 11.0 Å². The molecule has 0 saturated heterocycles. The normalized spacial score (nSPS) is 12.9. The molecule has 0 aromatic carbocycles. The van der Waals surface area contributed by atoms with Gasteiger partial charge in [0.1, 0.15) is 0 Å². The highest BCUT2D eigenvalue weighted by Crippen LogP contribution is 1.82. The van der Waals surface area contributed by atoms with Crippen molar-refractivity contribution >= 4 is 11.8 Å². The zero-order valence-corrected chi connectivity index (χ0v) is 9.96. The number of hydrogen-bond donors (Lipinski definition) is 3. The van der Waals surface area contributed by atoms with Crippen molar-refractivity contribution in [3.05, 3.63) is 12.7 Å².